The first-order valence-corrected chi connectivity index (χ1v) is 12.9. The van der Waals surface area contributed by atoms with Gasteiger partial charge in [-0.25, -0.2) is 0 Å². The number of hydrogen-bond donors (Lipinski definition) is 2. The van der Waals surface area contributed by atoms with Crippen LogP contribution in [0.5, 0.6) is 5.75 Å². The van der Waals surface area contributed by atoms with Gasteiger partial charge in [0.1, 0.15) is 12.4 Å². The van der Waals surface area contributed by atoms with E-state index < -0.39 is 17.5 Å². The Morgan fingerprint density at radius 1 is 1.00 bits per heavy atom. The van der Waals surface area contributed by atoms with E-state index >= 15 is 0 Å². The Balaban J connectivity index is 1.29. The lowest BCUT2D eigenvalue weighted by Gasteiger charge is -2.25. The zero-order valence-electron chi connectivity index (χ0n) is 20.0. The fraction of sp³-hybridized carbons (Fsp3) is 0.207. The highest BCUT2D eigenvalue weighted by Gasteiger charge is 2.67. The molecule has 4 aromatic rings. The predicted octanol–water partition coefficient (Wildman–Crippen LogP) is 5.75. The lowest BCUT2D eigenvalue weighted by atomic mass is 9.78. The predicted molar refractivity (Wildman–Crippen MR) is 145 cm³/mol. The van der Waals surface area contributed by atoms with E-state index in [1.165, 1.54) is 5.39 Å². The molecule has 1 saturated heterocycles. The highest BCUT2D eigenvalue weighted by molar-refractivity contribution is 9.10. The molecule has 2 aliphatic rings. The van der Waals surface area contributed by atoms with Gasteiger partial charge >= 0.3 is 0 Å². The Morgan fingerprint density at radius 2 is 1.76 bits per heavy atom. The summed E-state index contributed by atoms with van der Waals surface area (Å²) < 4.78 is 6.79. The van der Waals surface area contributed by atoms with Crippen LogP contribution in [0.1, 0.15) is 29.5 Å². The molecular formula is C29H24BrN3O4. The molecule has 1 fully saturated rings. The van der Waals surface area contributed by atoms with Gasteiger partial charge in [-0.1, -0.05) is 60.7 Å². The summed E-state index contributed by atoms with van der Waals surface area (Å²) >= 11 is 3.60. The van der Waals surface area contributed by atoms with E-state index in [1.54, 1.807) is 18.2 Å². The summed E-state index contributed by atoms with van der Waals surface area (Å²) in [7, 11) is 0. The van der Waals surface area contributed by atoms with Crippen molar-refractivity contribution in [3.8, 4) is 5.75 Å². The molecule has 0 saturated carbocycles. The second kappa shape index (κ2) is 8.97. The molecule has 4 atom stereocenters. The van der Waals surface area contributed by atoms with Crippen molar-refractivity contribution in [2.45, 2.75) is 37.1 Å². The normalized spacial score (nSPS) is 24.3. The summed E-state index contributed by atoms with van der Waals surface area (Å²) in [5, 5.41) is 21.0. The summed E-state index contributed by atoms with van der Waals surface area (Å²) in [5.74, 6) is -0.274. The van der Waals surface area contributed by atoms with Crippen LogP contribution in [0, 0.1) is 10.1 Å². The van der Waals surface area contributed by atoms with Crippen molar-refractivity contribution in [3.05, 3.63) is 116 Å². The van der Waals surface area contributed by atoms with Gasteiger partial charge in [-0.15, -0.1) is 0 Å². The van der Waals surface area contributed by atoms with Crippen molar-refractivity contribution < 1.29 is 14.5 Å². The minimum atomic E-state index is -1.43. The van der Waals surface area contributed by atoms with Gasteiger partial charge in [0.2, 0.25) is 0 Å². The van der Waals surface area contributed by atoms with Crippen LogP contribution in [-0.4, -0.2) is 22.9 Å². The van der Waals surface area contributed by atoms with E-state index in [1.807, 2.05) is 49.4 Å². The van der Waals surface area contributed by atoms with Crippen LogP contribution in [0.25, 0.3) is 10.8 Å². The largest absolute Gasteiger partial charge is 0.488 e. The van der Waals surface area contributed by atoms with Gasteiger partial charge in [0, 0.05) is 22.2 Å². The Bertz CT molecular complexity index is 1560. The molecule has 4 aromatic carbocycles. The number of ether oxygens (including phenoxy) is 1. The van der Waals surface area contributed by atoms with E-state index in [2.05, 4.69) is 50.8 Å². The van der Waals surface area contributed by atoms with Crippen molar-refractivity contribution in [2.75, 3.05) is 5.32 Å². The van der Waals surface area contributed by atoms with Crippen LogP contribution in [0.3, 0.4) is 0 Å². The number of para-hydroxylation sites is 1. The maximum absolute atomic E-state index is 13.2. The van der Waals surface area contributed by atoms with Crippen LogP contribution < -0.4 is 15.4 Å². The number of benzene rings is 4. The zero-order valence-corrected chi connectivity index (χ0v) is 21.6. The smallest absolute Gasteiger partial charge is 0.256 e. The summed E-state index contributed by atoms with van der Waals surface area (Å²) in [5.41, 5.74) is 1.61. The third-order valence-electron chi connectivity index (χ3n) is 7.51. The molecule has 0 aliphatic carbocycles. The van der Waals surface area contributed by atoms with Crippen molar-refractivity contribution in [2.24, 2.45) is 0 Å². The second-order valence-corrected chi connectivity index (χ2v) is 10.5. The van der Waals surface area contributed by atoms with Crippen LogP contribution in [0.4, 0.5) is 5.69 Å². The summed E-state index contributed by atoms with van der Waals surface area (Å²) in [4.78, 5) is 25.4. The SMILES string of the molecule is C[C@@H]1N[C@]2(C(=O)Nc3ccccc32)[C@@H]([N+](=O)[O-])[C@@H]1c1ccc(OCc2ccc3ccccc3c2)c(Br)c1. The highest BCUT2D eigenvalue weighted by Crippen LogP contribution is 2.50. The first-order chi connectivity index (χ1) is 17.9. The third-order valence-corrected chi connectivity index (χ3v) is 8.13. The molecule has 2 aliphatic heterocycles. The number of carbonyl (C=O) groups excluding carboxylic acids is 1. The number of anilines is 1. The molecule has 37 heavy (non-hydrogen) atoms. The van der Waals surface area contributed by atoms with E-state index in [0.29, 0.717) is 28.1 Å². The number of rotatable bonds is 5. The fourth-order valence-electron chi connectivity index (χ4n) is 5.88. The quantitative estimate of drug-likeness (QED) is 0.241. The van der Waals surface area contributed by atoms with Crippen LogP contribution in [-0.2, 0) is 16.9 Å². The lowest BCUT2D eigenvalue weighted by Crippen LogP contribution is -2.54. The highest BCUT2D eigenvalue weighted by atomic mass is 79.9. The molecule has 0 bridgehead atoms. The van der Waals surface area contributed by atoms with Crippen LogP contribution in [0.15, 0.2) is 89.4 Å². The molecule has 0 aromatic heterocycles. The topological polar surface area (TPSA) is 93.5 Å². The molecule has 1 spiro atoms. The molecule has 186 valence electrons. The average molecular weight is 558 g/mol. The van der Waals surface area contributed by atoms with Crippen molar-refractivity contribution >= 4 is 38.3 Å². The summed E-state index contributed by atoms with van der Waals surface area (Å²) in [6, 6.07) is 25.6. The standard InChI is InChI=1S/C29H24BrN3O4/c1-17-26(27(33(35)36)29(32-17)22-8-4-5-9-24(22)31-28(29)34)21-12-13-25(23(30)15-21)37-16-18-10-11-19-6-2-3-7-20(19)14-18/h2-15,17,26-27,32H,16H2,1H3,(H,31,34)/t17-,26-,27-,29-/m0/s1. The third kappa shape index (κ3) is 3.79. The molecule has 2 N–H and O–H groups in total. The van der Waals surface area contributed by atoms with E-state index in [9.17, 15) is 14.9 Å². The van der Waals surface area contributed by atoms with Gasteiger partial charge in [-0.2, -0.15) is 0 Å². The van der Waals surface area contributed by atoms with E-state index in [4.69, 9.17) is 4.74 Å². The number of fused-ring (bicyclic) bond motifs is 3. The van der Waals surface area contributed by atoms with Gasteiger partial charge < -0.3 is 10.1 Å². The Labute approximate surface area is 222 Å². The second-order valence-electron chi connectivity index (χ2n) is 9.66. The number of nitrogens with one attached hydrogen (secondary N) is 2. The van der Waals surface area contributed by atoms with Gasteiger partial charge in [0.05, 0.1) is 10.4 Å². The molecule has 0 radical (unpaired) electrons. The fourth-order valence-corrected chi connectivity index (χ4v) is 6.40. The maximum Gasteiger partial charge on any atom is 0.256 e. The monoisotopic (exact) mass is 557 g/mol. The van der Waals surface area contributed by atoms with Crippen molar-refractivity contribution in [1.82, 2.24) is 5.32 Å². The number of amides is 1. The minimum Gasteiger partial charge on any atom is -0.488 e. The number of nitrogens with zero attached hydrogens (tertiary/aromatic N) is 1. The molecule has 6 rings (SSSR count). The molecule has 8 heteroatoms. The van der Waals surface area contributed by atoms with Gasteiger partial charge in [0.25, 0.3) is 11.9 Å². The number of halogens is 1. The van der Waals surface area contributed by atoms with E-state index in [-0.39, 0.29) is 16.9 Å². The minimum absolute atomic E-state index is 0.316. The zero-order chi connectivity index (χ0) is 25.7. The Kier molecular flexibility index (Phi) is 5.73. The van der Waals surface area contributed by atoms with Crippen LogP contribution >= 0.6 is 15.9 Å². The molecule has 2 heterocycles. The maximum atomic E-state index is 13.2. The molecule has 1 amide bonds. The molecule has 0 unspecified atom stereocenters. The number of nitro groups is 1. The Morgan fingerprint density at radius 3 is 2.54 bits per heavy atom. The first kappa shape index (κ1) is 23.6. The van der Waals surface area contributed by atoms with Gasteiger partial charge in [-0.3, -0.25) is 20.2 Å². The first-order valence-electron chi connectivity index (χ1n) is 12.1. The average Bonchev–Trinajstić information content (AvgIpc) is 3.36. The van der Waals surface area contributed by atoms with Crippen LogP contribution in [0.2, 0.25) is 0 Å². The molecule has 7 nitrogen and oxygen atoms in total. The number of carbonyl (C=O) groups is 1. The van der Waals surface area contributed by atoms with Crippen molar-refractivity contribution in [3.63, 3.8) is 0 Å². The summed E-state index contributed by atoms with van der Waals surface area (Å²) in [6.45, 7) is 2.28. The van der Waals surface area contributed by atoms with E-state index in [0.717, 1.165) is 16.5 Å². The van der Waals surface area contributed by atoms with Crippen molar-refractivity contribution in [1.29, 1.82) is 0 Å². The van der Waals surface area contributed by atoms with Gasteiger partial charge in [-0.05, 0) is 69.0 Å². The number of hydrogen-bond acceptors (Lipinski definition) is 5. The Hall–Kier alpha value is -3.75. The lowest BCUT2D eigenvalue weighted by molar-refractivity contribution is -0.532. The molecular weight excluding hydrogens is 534 g/mol. The van der Waals surface area contributed by atoms with Gasteiger partial charge in [0.15, 0.2) is 5.54 Å². The summed E-state index contributed by atoms with van der Waals surface area (Å²) in [6.07, 6.45) is 0.